The van der Waals surface area contributed by atoms with Crippen molar-refractivity contribution in [2.75, 3.05) is 13.1 Å². The van der Waals surface area contributed by atoms with Crippen LogP contribution >= 0.6 is 11.6 Å². The molecule has 0 spiro atoms. The molecule has 1 aromatic rings. The number of halogens is 1. The summed E-state index contributed by atoms with van der Waals surface area (Å²) in [6.45, 7) is 1.37. The lowest BCUT2D eigenvalue weighted by molar-refractivity contribution is -0.125. The van der Waals surface area contributed by atoms with Crippen molar-refractivity contribution in [2.24, 2.45) is 5.92 Å². The number of likely N-dealkylation sites (tertiary alicyclic amines) is 1. The second-order valence-electron chi connectivity index (χ2n) is 5.38. The topological polar surface area (TPSA) is 62.3 Å². The Morgan fingerprint density at radius 3 is 3.00 bits per heavy atom. The third-order valence-electron chi connectivity index (χ3n) is 4.08. The summed E-state index contributed by atoms with van der Waals surface area (Å²) in [6.07, 6.45) is 3.76. The molecule has 1 aromatic heterocycles. The molecule has 3 rings (SSSR count). The summed E-state index contributed by atoms with van der Waals surface area (Å²) < 4.78 is 0. The maximum absolute atomic E-state index is 12.4. The molecule has 5 nitrogen and oxygen atoms in total. The molecule has 2 aliphatic rings. The normalized spacial score (nSPS) is 25.9. The molecule has 6 heteroatoms. The number of carbonyl (C=O) groups excluding carboxylic acids is 2. The fraction of sp³-hybridized carbons (Fsp3) is 0.500. The van der Waals surface area contributed by atoms with E-state index in [4.69, 9.17) is 11.6 Å². The Hall–Kier alpha value is -1.62. The number of rotatable bonds is 1. The molecule has 0 aromatic carbocycles. The first-order valence-electron chi connectivity index (χ1n) is 6.83. The zero-order valence-electron chi connectivity index (χ0n) is 11.0. The lowest BCUT2D eigenvalue weighted by Gasteiger charge is -2.41. The minimum absolute atomic E-state index is 0.00971. The van der Waals surface area contributed by atoms with Crippen LogP contribution in [-0.2, 0) is 4.79 Å². The Kier molecular flexibility index (Phi) is 3.61. The summed E-state index contributed by atoms with van der Waals surface area (Å²) in [7, 11) is 0. The molecule has 0 saturated carbocycles. The van der Waals surface area contributed by atoms with Crippen molar-refractivity contribution in [1.29, 1.82) is 0 Å². The third-order valence-corrected chi connectivity index (χ3v) is 4.31. The Morgan fingerprint density at radius 1 is 1.40 bits per heavy atom. The highest BCUT2D eigenvalue weighted by Gasteiger charge is 2.35. The third kappa shape index (κ3) is 2.63. The van der Waals surface area contributed by atoms with Gasteiger partial charge in [-0.3, -0.25) is 9.59 Å². The maximum atomic E-state index is 12.4. The molecule has 1 N–H and O–H groups in total. The van der Waals surface area contributed by atoms with Gasteiger partial charge in [-0.25, -0.2) is 4.98 Å². The number of pyridine rings is 1. The smallest absolute Gasteiger partial charge is 0.255 e. The highest BCUT2D eigenvalue weighted by molar-refractivity contribution is 6.29. The molecule has 0 bridgehead atoms. The second-order valence-corrected chi connectivity index (χ2v) is 5.77. The van der Waals surface area contributed by atoms with Crippen molar-refractivity contribution in [3.8, 4) is 0 Å². The van der Waals surface area contributed by atoms with E-state index in [9.17, 15) is 9.59 Å². The van der Waals surface area contributed by atoms with E-state index in [0.29, 0.717) is 36.1 Å². The zero-order chi connectivity index (χ0) is 14.1. The highest BCUT2D eigenvalue weighted by atomic mass is 35.5. The van der Waals surface area contributed by atoms with Gasteiger partial charge in [0.25, 0.3) is 5.91 Å². The Labute approximate surface area is 122 Å². The molecule has 2 aliphatic heterocycles. The minimum Gasteiger partial charge on any atom is -0.353 e. The van der Waals surface area contributed by atoms with Gasteiger partial charge in [0.05, 0.1) is 5.56 Å². The summed E-state index contributed by atoms with van der Waals surface area (Å²) in [4.78, 5) is 29.6. The second kappa shape index (κ2) is 5.40. The molecule has 2 unspecified atom stereocenters. The number of carbonyl (C=O) groups is 2. The van der Waals surface area contributed by atoms with Crippen LogP contribution < -0.4 is 5.32 Å². The predicted molar refractivity (Wildman–Crippen MR) is 74.4 cm³/mol. The monoisotopic (exact) mass is 293 g/mol. The number of fused-ring (bicyclic) bond motifs is 1. The van der Waals surface area contributed by atoms with Crippen LogP contribution in [0.4, 0.5) is 0 Å². The number of nitrogens with one attached hydrogen (secondary N) is 1. The van der Waals surface area contributed by atoms with Gasteiger partial charge in [0.2, 0.25) is 5.91 Å². The summed E-state index contributed by atoms with van der Waals surface area (Å²) >= 11 is 5.73. The van der Waals surface area contributed by atoms with Gasteiger partial charge in [-0.2, -0.15) is 0 Å². The van der Waals surface area contributed by atoms with Gasteiger partial charge in [-0.15, -0.1) is 0 Å². The maximum Gasteiger partial charge on any atom is 0.255 e. The first-order valence-corrected chi connectivity index (χ1v) is 7.21. The van der Waals surface area contributed by atoms with Gasteiger partial charge in [0, 0.05) is 31.7 Å². The number of piperidine rings is 2. The molecule has 0 radical (unpaired) electrons. The molecule has 3 heterocycles. The van der Waals surface area contributed by atoms with Crippen LogP contribution in [-0.4, -0.2) is 40.8 Å². The molecular formula is C14H16ClN3O2. The first-order chi connectivity index (χ1) is 9.63. The van der Waals surface area contributed by atoms with Gasteiger partial charge >= 0.3 is 0 Å². The van der Waals surface area contributed by atoms with E-state index in [1.54, 1.807) is 12.1 Å². The van der Waals surface area contributed by atoms with Gasteiger partial charge in [-0.05, 0) is 30.9 Å². The molecule has 0 aliphatic carbocycles. The van der Waals surface area contributed by atoms with Crippen molar-refractivity contribution in [2.45, 2.75) is 25.3 Å². The van der Waals surface area contributed by atoms with Crippen LogP contribution in [0, 0.1) is 5.92 Å². The van der Waals surface area contributed by atoms with E-state index < -0.39 is 0 Å². The van der Waals surface area contributed by atoms with E-state index >= 15 is 0 Å². The molecule has 106 valence electrons. The van der Waals surface area contributed by atoms with E-state index in [1.165, 1.54) is 6.20 Å². The average molecular weight is 294 g/mol. The van der Waals surface area contributed by atoms with Crippen molar-refractivity contribution in [1.82, 2.24) is 15.2 Å². The van der Waals surface area contributed by atoms with Crippen LogP contribution in [0.3, 0.4) is 0 Å². The van der Waals surface area contributed by atoms with E-state index in [1.807, 2.05) is 4.90 Å². The van der Waals surface area contributed by atoms with E-state index in [2.05, 4.69) is 10.3 Å². The Balaban J connectivity index is 1.68. The molecule has 2 fully saturated rings. The minimum atomic E-state index is -0.00971. The number of nitrogens with zero attached hydrogens (tertiary/aromatic N) is 2. The molecular weight excluding hydrogens is 278 g/mol. The van der Waals surface area contributed by atoms with Crippen LogP contribution in [0.5, 0.6) is 0 Å². The Bertz CT molecular complexity index is 532. The predicted octanol–water partition coefficient (Wildman–Crippen LogP) is 1.48. The summed E-state index contributed by atoms with van der Waals surface area (Å²) in [5, 5.41) is 3.40. The number of hydrogen-bond donors (Lipinski definition) is 1. The van der Waals surface area contributed by atoms with Crippen LogP contribution in [0.2, 0.25) is 5.15 Å². The van der Waals surface area contributed by atoms with Crippen molar-refractivity contribution < 1.29 is 9.59 Å². The lowest BCUT2D eigenvalue weighted by atomic mass is 9.85. The summed E-state index contributed by atoms with van der Waals surface area (Å²) in [5.41, 5.74) is 0.563. The summed E-state index contributed by atoms with van der Waals surface area (Å²) in [5.74, 6) is 0.489. The van der Waals surface area contributed by atoms with Crippen LogP contribution in [0.1, 0.15) is 29.6 Å². The average Bonchev–Trinajstić information content (AvgIpc) is 2.47. The van der Waals surface area contributed by atoms with Crippen molar-refractivity contribution in [3.05, 3.63) is 29.0 Å². The number of hydrogen-bond acceptors (Lipinski definition) is 3. The standard InChI is InChI=1S/C14H16ClN3O2/c15-12-3-1-9(7-16-12)14(20)18-6-5-11-10(8-18)2-4-13(19)17-11/h1,3,7,10-11H,2,4-6,8H2,(H,17,19). The first kappa shape index (κ1) is 13.4. The Morgan fingerprint density at radius 2 is 2.25 bits per heavy atom. The number of amides is 2. The van der Waals surface area contributed by atoms with Crippen LogP contribution in [0.25, 0.3) is 0 Å². The molecule has 2 saturated heterocycles. The largest absolute Gasteiger partial charge is 0.353 e. The molecule has 2 atom stereocenters. The van der Waals surface area contributed by atoms with Gasteiger partial charge in [-0.1, -0.05) is 11.6 Å². The zero-order valence-corrected chi connectivity index (χ0v) is 11.8. The SMILES string of the molecule is O=C1CCC2CN(C(=O)c3ccc(Cl)nc3)CCC2N1. The van der Waals surface area contributed by atoms with Crippen LogP contribution in [0.15, 0.2) is 18.3 Å². The quantitative estimate of drug-likeness (QED) is 0.798. The fourth-order valence-electron chi connectivity index (χ4n) is 2.98. The molecule has 2 amide bonds. The van der Waals surface area contributed by atoms with Gasteiger partial charge in [0.1, 0.15) is 5.15 Å². The molecule has 20 heavy (non-hydrogen) atoms. The fourth-order valence-corrected chi connectivity index (χ4v) is 3.09. The van der Waals surface area contributed by atoms with Gasteiger partial charge in [0.15, 0.2) is 0 Å². The highest BCUT2D eigenvalue weighted by Crippen LogP contribution is 2.26. The van der Waals surface area contributed by atoms with E-state index in [0.717, 1.165) is 12.8 Å². The van der Waals surface area contributed by atoms with Crippen molar-refractivity contribution in [3.63, 3.8) is 0 Å². The van der Waals surface area contributed by atoms with E-state index in [-0.39, 0.29) is 17.9 Å². The van der Waals surface area contributed by atoms with Crippen molar-refractivity contribution >= 4 is 23.4 Å². The number of aromatic nitrogens is 1. The van der Waals surface area contributed by atoms with Gasteiger partial charge < -0.3 is 10.2 Å². The summed E-state index contributed by atoms with van der Waals surface area (Å²) in [6, 6.07) is 3.55. The lowest BCUT2D eigenvalue weighted by Crippen LogP contribution is -2.55.